The molecular formula is C13H13BrO6. The van der Waals surface area contributed by atoms with Crippen molar-refractivity contribution in [3.05, 3.63) is 28.7 Å². The molecule has 0 fully saturated rings. The van der Waals surface area contributed by atoms with Gasteiger partial charge in [0.05, 0.1) is 6.42 Å². The van der Waals surface area contributed by atoms with Crippen molar-refractivity contribution in [3.63, 3.8) is 0 Å². The summed E-state index contributed by atoms with van der Waals surface area (Å²) in [6, 6.07) is 7.07. The fourth-order valence-corrected chi connectivity index (χ4v) is 1.55. The summed E-state index contributed by atoms with van der Waals surface area (Å²) in [7, 11) is 0. The molecule has 0 aliphatic carbocycles. The maximum Gasteiger partial charge on any atom is 0.375 e. The minimum absolute atomic E-state index is 0.0804. The van der Waals surface area contributed by atoms with E-state index in [0.29, 0.717) is 5.75 Å². The fourth-order valence-electron chi connectivity index (χ4n) is 1.29. The van der Waals surface area contributed by atoms with Crippen molar-refractivity contribution in [2.75, 3.05) is 6.61 Å². The molecule has 0 bridgehead atoms. The van der Waals surface area contributed by atoms with E-state index in [1.807, 2.05) is 0 Å². The van der Waals surface area contributed by atoms with Gasteiger partial charge in [-0.25, -0.2) is 4.79 Å². The average Bonchev–Trinajstić information content (AvgIpc) is 2.38. The molecule has 0 spiro atoms. The van der Waals surface area contributed by atoms with Gasteiger partial charge < -0.3 is 14.6 Å². The van der Waals surface area contributed by atoms with Crippen LogP contribution in [0.4, 0.5) is 0 Å². The Bertz CT molecular complexity index is 496. The Balaban J connectivity index is 2.36. The predicted molar refractivity (Wildman–Crippen MR) is 72.5 cm³/mol. The van der Waals surface area contributed by atoms with Crippen LogP contribution in [0.25, 0.3) is 0 Å². The van der Waals surface area contributed by atoms with Crippen molar-refractivity contribution >= 4 is 33.7 Å². The normalized spacial score (nSPS) is 11.5. The molecule has 0 aromatic heterocycles. The Hall–Kier alpha value is -1.89. The summed E-state index contributed by atoms with van der Waals surface area (Å²) in [6.07, 6.45) is -0.535. The molecule has 1 atom stereocenters. The highest BCUT2D eigenvalue weighted by atomic mass is 79.9. The molecule has 20 heavy (non-hydrogen) atoms. The van der Waals surface area contributed by atoms with Gasteiger partial charge in [0, 0.05) is 4.47 Å². The molecule has 0 heterocycles. The van der Waals surface area contributed by atoms with Crippen molar-refractivity contribution < 1.29 is 29.0 Å². The minimum Gasteiger partial charge on any atom is -0.490 e. The summed E-state index contributed by atoms with van der Waals surface area (Å²) in [5.41, 5.74) is 0. The van der Waals surface area contributed by atoms with E-state index in [9.17, 15) is 14.4 Å². The van der Waals surface area contributed by atoms with Crippen LogP contribution in [0.5, 0.6) is 5.75 Å². The lowest BCUT2D eigenvalue weighted by atomic mass is 10.3. The standard InChI is InChI=1S/C13H13BrO6/c1-8(20-10-4-2-9(14)3-5-10)6-12(16)19-7-11(15)13(17)18/h2-5,8H,6-7H2,1H3,(H,17,18). The Morgan fingerprint density at radius 3 is 2.40 bits per heavy atom. The lowest BCUT2D eigenvalue weighted by Crippen LogP contribution is -2.24. The van der Waals surface area contributed by atoms with E-state index in [1.54, 1.807) is 31.2 Å². The van der Waals surface area contributed by atoms with Crippen LogP contribution in [0.15, 0.2) is 28.7 Å². The second kappa shape index (κ2) is 7.64. The first-order valence-electron chi connectivity index (χ1n) is 5.72. The van der Waals surface area contributed by atoms with E-state index in [0.717, 1.165) is 4.47 Å². The molecule has 1 N–H and O–H groups in total. The van der Waals surface area contributed by atoms with Crippen LogP contribution in [-0.2, 0) is 19.1 Å². The molecule has 7 heteroatoms. The number of ether oxygens (including phenoxy) is 2. The Morgan fingerprint density at radius 1 is 1.25 bits per heavy atom. The minimum atomic E-state index is -1.63. The lowest BCUT2D eigenvalue weighted by molar-refractivity contribution is -0.156. The fraction of sp³-hybridized carbons (Fsp3) is 0.308. The van der Waals surface area contributed by atoms with E-state index in [4.69, 9.17) is 9.84 Å². The third-order valence-electron chi connectivity index (χ3n) is 2.21. The summed E-state index contributed by atoms with van der Waals surface area (Å²) in [5.74, 6) is -2.89. The topological polar surface area (TPSA) is 89.9 Å². The number of halogens is 1. The smallest absolute Gasteiger partial charge is 0.375 e. The molecule has 0 radical (unpaired) electrons. The molecule has 1 aromatic carbocycles. The zero-order valence-electron chi connectivity index (χ0n) is 10.7. The number of carboxylic acid groups (broad SMARTS) is 1. The summed E-state index contributed by atoms with van der Waals surface area (Å²) in [5, 5.41) is 8.32. The summed E-state index contributed by atoms with van der Waals surface area (Å²) in [6.45, 7) is 0.904. The number of Topliss-reactive ketones (excluding diaryl/α,β-unsaturated/α-hetero) is 1. The number of hydrogen-bond donors (Lipinski definition) is 1. The van der Waals surface area contributed by atoms with Gasteiger partial charge in [-0.3, -0.25) is 9.59 Å². The van der Waals surface area contributed by atoms with Gasteiger partial charge in [0.15, 0.2) is 6.61 Å². The number of benzene rings is 1. The van der Waals surface area contributed by atoms with E-state index in [-0.39, 0.29) is 6.42 Å². The zero-order chi connectivity index (χ0) is 15.1. The first kappa shape index (κ1) is 16.2. The third-order valence-corrected chi connectivity index (χ3v) is 2.74. The highest BCUT2D eigenvalue weighted by molar-refractivity contribution is 9.10. The van der Waals surface area contributed by atoms with Crippen molar-refractivity contribution in [1.29, 1.82) is 0 Å². The molecule has 1 unspecified atom stereocenters. The number of ketones is 1. The van der Waals surface area contributed by atoms with Crippen molar-refractivity contribution in [1.82, 2.24) is 0 Å². The summed E-state index contributed by atoms with van der Waals surface area (Å²) in [4.78, 5) is 32.3. The molecule has 6 nitrogen and oxygen atoms in total. The molecule has 1 aromatic rings. The molecule has 0 saturated heterocycles. The number of rotatable bonds is 7. The predicted octanol–water partition coefficient (Wildman–Crippen LogP) is 1.80. The Kier molecular flexibility index (Phi) is 6.17. The van der Waals surface area contributed by atoms with Gasteiger partial charge in [-0.2, -0.15) is 0 Å². The van der Waals surface area contributed by atoms with Crippen LogP contribution < -0.4 is 4.74 Å². The van der Waals surface area contributed by atoms with Crippen molar-refractivity contribution in [2.45, 2.75) is 19.4 Å². The number of aliphatic carboxylic acids is 1. The van der Waals surface area contributed by atoms with Gasteiger partial charge in [-0.1, -0.05) is 15.9 Å². The van der Waals surface area contributed by atoms with E-state index < -0.39 is 30.4 Å². The third kappa shape index (κ3) is 5.83. The van der Waals surface area contributed by atoms with Gasteiger partial charge in [-0.05, 0) is 31.2 Å². The molecule has 0 amide bonds. The second-order valence-corrected chi connectivity index (χ2v) is 4.89. The first-order chi connectivity index (χ1) is 9.38. The van der Waals surface area contributed by atoms with Crippen LogP contribution in [-0.4, -0.2) is 35.5 Å². The summed E-state index contributed by atoms with van der Waals surface area (Å²) < 4.78 is 10.9. The lowest BCUT2D eigenvalue weighted by Gasteiger charge is -2.13. The van der Waals surface area contributed by atoms with Gasteiger partial charge in [0.25, 0.3) is 5.78 Å². The van der Waals surface area contributed by atoms with Crippen LogP contribution in [0.2, 0.25) is 0 Å². The number of carboxylic acids is 1. The molecule has 0 aliphatic heterocycles. The van der Waals surface area contributed by atoms with Gasteiger partial charge in [-0.15, -0.1) is 0 Å². The SMILES string of the molecule is CC(CC(=O)OCC(=O)C(=O)O)Oc1ccc(Br)cc1. The number of esters is 1. The monoisotopic (exact) mass is 344 g/mol. The van der Waals surface area contributed by atoms with E-state index in [1.165, 1.54) is 0 Å². The van der Waals surface area contributed by atoms with Crippen molar-refractivity contribution in [2.24, 2.45) is 0 Å². The molecule has 108 valence electrons. The Morgan fingerprint density at radius 2 is 1.85 bits per heavy atom. The number of hydrogen-bond acceptors (Lipinski definition) is 5. The van der Waals surface area contributed by atoms with E-state index in [2.05, 4.69) is 20.7 Å². The van der Waals surface area contributed by atoms with Gasteiger partial charge in [0.1, 0.15) is 11.9 Å². The molecule has 1 rings (SSSR count). The highest BCUT2D eigenvalue weighted by Crippen LogP contribution is 2.18. The second-order valence-electron chi connectivity index (χ2n) is 3.98. The van der Waals surface area contributed by atoms with Gasteiger partial charge in [0.2, 0.25) is 0 Å². The van der Waals surface area contributed by atoms with Crippen LogP contribution in [0, 0.1) is 0 Å². The maximum atomic E-state index is 11.4. The first-order valence-corrected chi connectivity index (χ1v) is 6.51. The van der Waals surface area contributed by atoms with Crippen LogP contribution >= 0.6 is 15.9 Å². The van der Waals surface area contributed by atoms with Gasteiger partial charge >= 0.3 is 11.9 Å². The van der Waals surface area contributed by atoms with Crippen molar-refractivity contribution in [3.8, 4) is 5.75 Å². The molecular weight excluding hydrogens is 332 g/mol. The highest BCUT2D eigenvalue weighted by Gasteiger charge is 2.16. The number of carbonyl (C=O) groups is 3. The van der Waals surface area contributed by atoms with Crippen LogP contribution in [0.3, 0.4) is 0 Å². The largest absolute Gasteiger partial charge is 0.490 e. The van der Waals surface area contributed by atoms with Crippen LogP contribution in [0.1, 0.15) is 13.3 Å². The average molecular weight is 345 g/mol. The number of carbonyl (C=O) groups excluding carboxylic acids is 2. The Labute approximate surface area is 123 Å². The summed E-state index contributed by atoms with van der Waals surface area (Å²) >= 11 is 3.29. The van der Waals surface area contributed by atoms with E-state index >= 15 is 0 Å². The quantitative estimate of drug-likeness (QED) is 0.599. The zero-order valence-corrected chi connectivity index (χ0v) is 12.3. The molecule has 0 saturated carbocycles. The molecule has 0 aliphatic rings. The maximum absolute atomic E-state index is 11.4.